The standard InChI is InChI=1S/C12H14F2N2O.ClH/c13-9-3-4-11(10(14)5-9)16-12(17)7-15-6-8-1-2-8;/h3-5,8,15H,1-2,6-7H2,(H,16,17);1H. The molecule has 0 atom stereocenters. The summed E-state index contributed by atoms with van der Waals surface area (Å²) in [7, 11) is 0. The highest BCUT2D eigenvalue weighted by molar-refractivity contribution is 5.92. The van der Waals surface area contributed by atoms with Gasteiger partial charge in [0.15, 0.2) is 0 Å². The van der Waals surface area contributed by atoms with Crippen LogP contribution in [0, 0.1) is 17.6 Å². The van der Waals surface area contributed by atoms with E-state index in [1.54, 1.807) is 0 Å². The first-order valence-corrected chi connectivity index (χ1v) is 5.61. The van der Waals surface area contributed by atoms with Gasteiger partial charge in [-0.15, -0.1) is 12.4 Å². The minimum Gasteiger partial charge on any atom is -0.322 e. The van der Waals surface area contributed by atoms with Crippen molar-refractivity contribution in [3.63, 3.8) is 0 Å². The molecule has 3 nitrogen and oxygen atoms in total. The molecule has 0 aromatic heterocycles. The Morgan fingerprint density at radius 2 is 2.06 bits per heavy atom. The van der Waals surface area contributed by atoms with E-state index >= 15 is 0 Å². The maximum atomic E-state index is 13.2. The van der Waals surface area contributed by atoms with Gasteiger partial charge in [0.05, 0.1) is 12.2 Å². The molecule has 1 saturated carbocycles. The predicted octanol–water partition coefficient (Wildman–Crippen LogP) is 2.32. The smallest absolute Gasteiger partial charge is 0.238 e. The molecule has 1 amide bonds. The summed E-state index contributed by atoms with van der Waals surface area (Å²) in [6.45, 7) is 0.965. The molecule has 0 unspecified atom stereocenters. The molecule has 0 saturated heterocycles. The van der Waals surface area contributed by atoms with Gasteiger partial charge in [0.25, 0.3) is 0 Å². The molecule has 2 rings (SSSR count). The lowest BCUT2D eigenvalue weighted by atomic mass is 10.3. The molecule has 0 aliphatic heterocycles. The fraction of sp³-hybridized carbons (Fsp3) is 0.417. The van der Waals surface area contributed by atoms with Crippen LogP contribution in [-0.2, 0) is 4.79 Å². The summed E-state index contributed by atoms with van der Waals surface area (Å²) in [5.74, 6) is -1.06. The van der Waals surface area contributed by atoms with Crippen molar-refractivity contribution in [3.8, 4) is 0 Å². The van der Waals surface area contributed by atoms with E-state index in [1.165, 1.54) is 18.9 Å². The van der Waals surface area contributed by atoms with Crippen LogP contribution in [0.15, 0.2) is 18.2 Å². The van der Waals surface area contributed by atoms with E-state index in [0.29, 0.717) is 5.92 Å². The second-order valence-corrected chi connectivity index (χ2v) is 4.25. The van der Waals surface area contributed by atoms with E-state index < -0.39 is 11.6 Å². The van der Waals surface area contributed by atoms with Crippen LogP contribution >= 0.6 is 12.4 Å². The number of hydrogen-bond donors (Lipinski definition) is 2. The van der Waals surface area contributed by atoms with Gasteiger partial charge < -0.3 is 10.6 Å². The molecule has 18 heavy (non-hydrogen) atoms. The molecule has 0 bridgehead atoms. The molecule has 0 radical (unpaired) electrons. The maximum Gasteiger partial charge on any atom is 0.238 e. The fourth-order valence-corrected chi connectivity index (χ4v) is 1.50. The number of benzene rings is 1. The lowest BCUT2D eigenvalue weighted by molar-refractivity contribution is -0.115. The minimum atomic E-state index is -0.763. The van der Waals surface area contributed by atoms with Crippen LogP contribution in [-0.4, -0.2) is 19.0 Å². The maximum absolute atomic E-state index is 13.2. The second kappa shape index (κ2) is 6.66. The van der Waals surface area contributed by atoms with Gasteiger partial charge in [-0.05, 0) is 37.4 Å². The van der Waals surface area contributed by atoms with Crippen LogP contribution in [0.2, 0.25) is 0 Å². The summed E-state index contributed by atoms with van der Waals surface area (Å²) in [5, 5.41) is 5.38. The first-order valence-electron chi connectivity index (χ1n) is 5.61. The Labute approximate surface area is 110 Å². The Balaban J connectivity index is 0.00000162. The van der Waals surface area contributed by atoms with E-state index in [1.807, 2.05) is 0 Å². The zero-order valence-electron chi connectivity index (χ0n) is 9.71. The number of anilines is 1. The molecule has 2 N–H and O–H groups in total. The van der Waals surface area contributed by atoms with Crippen molar-refractivity contribution in [2.45, 2.75) is 12.8 Å². The SMILES string of the molecule is Cl.O=C(CNCC1CC1)Nc1ccc(F)cc1F. The van der Waals surface area contributed by atoms with Gasteiger partial charge in [0, 0.05) is 6.07 Å². The third kappa shape index (κ3) is 4.58. The van der Waals surface area contributed by atoms with Gasteiger partial charge in [0.1, 0.15) is 11.6 Å². The molecule has 0 heterocycles. The third-order valence-electron chi connectivity index (χ3n) is 2.62. The predicted molar refractivity (Wildman–Crippen MR) is 67.8 cm³/mol. The second-order valence-electron chi connectivity index (χ2n) is 4.25. The number of halogens is 3. The number of hydrogen-bond acceptors (Lipinski definition) is 2. The van der Waals surface area contributed by atoms with Gasteiger partial charge >= 0.3 is 0 Å². The lowest BCUT2D eigenvalue weighted by Gasteiger charge is -2.07. The van der Waals surface area contributed by atoms with E-state index in [4.69, 9.17) is 0 Å². The van der Waals surface area contributed by atoms with Gasteiger partial charge in [-0.2, -0.15) is 0 Å². The first kappa shape index (κ1) is 14.9. The molecular weight excluding hydrogens is 262 g/mol. The average molecular weight is 277 g/mol. The van der Waals surface area contributed by atoms with Crippen LogP contribution in [0.5, 0.6) is 0 Å². The average Bonchev–Trinajstić information content (AvgIpc) is 3.06. The van der Waals surface area contributed by atoms with E-state index in [2.05, 4.69) is 10.6 Å². The largest absolute Gasteiger partial charge is 0.322 e. The summed E-state index contributed by atoms with van der Waals surface area (Å²) in [5.41, 5.74) is 0.00428. The van der Waals surface area contributed by atoms with Crippen molar-refractivity contribution in [1.82, 2.24) is 5.32 Å². The molecule has 0 spiro atoms. The van der Waals surface area contributed by atoms with Crippen molar-refractivity contribution in [2.75, 3.05) is 18.4 Å². The van der Waals surface area contributed by atoms with Crippen molar-refractivity contribution in [3.05, 3.63) is 29.8 Å². The lowest BCUT2D eigenvalue weighted by Crippen LogP contribution is -2.29. The molecule has 1 aliphatic rings. The molecular formula is C12H15ClF2N2O. The van der Waals surface area contributed by atoms with Crippen LogP contribution in [0.25, 0.3) is 0 Å². The van der Waals surface area contributed by atoms with Crippen LogP contribution < -0.4 is 10.6 Å². The first-order chi connectivity index (χ1) is 8.15. The van der Waals surface area contributed by atoms with Gasteiger partial charge in [-0.3, -0.25) is 4.79 Å². The summed E-state index contributed by atoms with van der Waals surface area (Å²) in [6, 6.07) is 3.06. The zero-order chi connectivity index (χ0) is 12.3. The summed E-state index contributed by atoms with van der Waals surface area (Å²) in [4.78, 5) is 11.4. The van der Waals surface area contributed by atoms with Crippen molar-refractivity contribution < 1.29 is 13.6 Å². The Hall–Kier alpha value is -1.20. The highest BCUT2D eigenvalue weighted by atomic mass is 35.5. The molecule has 1 fully saturated rings. The van der Waals surface area contributed by atoms with Crippen LogP contribution in [0.1, 0.15) is 12.8 Å². The van der Waals surface area contributed by atoms with Crippen molar-refractivity contribution >= 4 is 24.0 Å². The van der Waals surface area contributed by atoms with E-state index in [9.17, 15) is 13.6 Å². The van der Waals surface area contributed by atoms with E-state index in [0.717, 1.165) is 18.7 Å². The van der Waals surface area contributed by atoms with Crippen molar-refractivity contribution in [2.24, 2.45) is 5.92 Å². The topological polar surface area (TPSA) is 41.1 Å². The zero-order valence-corrected chi connectivity index (χ0v) is 10.5. The van der Waals surface area contributed by atoms with Crippen LogP contribution in [0.3, 0.4) is 0 Å². The minimum absolute atomic E-state index is 0. The monoisotopic (exact) mass is 276 g/mol. The van der Waals surface area contributed by atoms with Gasteiger partial charge in [-0.25, -0.2) is 8.78 Å². The Kier molecular flexibility index (Phi) is 5.50. The molecule has 1 aromatic carbocycles. The summed E-state index contributed by atoms with van der Waals surface area (Å²) >= 11 is 0. The number of rotatable bonds is 5. The fourth-order valence-electron chi connectivity index (χ4n) is 1.50. The Bertz CT molecular complexity index is 425. The van der Waals surface area contributed by atoms with Gasteiger partial charge in [0.2, 0.25) is 5.91 Å². The number of carbonyl (C=O) groups excluding carboxylic acids is 1. The number of carbonyl (C=O) groups is 1. The van der Waals surface area contributed by atoms with E-state index in [-0.39, 0.29) is 30.5 Å². The van der Waals surface area contributed by atoms with Crippen LogP contribution in [0.4, 0.5) is 14.5 Å². The van der Waals surface area contributed by atoms with Crippen molar-refractivity contribution in [1.29, 1.82) is 0 Å². The molecule has 1 aliphatic carbocycles. The molecule has 1 aromatic rings. The quantitative estimate of drug-likeness (QED) is 0.867. The highest BCUT2D eigenvalue weighted by Gasteiger charge is 2.20. The number of nitrogens with one attached hydrogen (secondary N) is 2. The highest BCUT2D eigenvalue weighted by Crippen LogP contribution is 2.27. The normalized spacial score (nSPS) is 13.9. The summed E-state index contributed by atoms with van der Waals surface area (Å²) in [6.07, 6.45) is 2.42. The summed E-state index contributed by atoms with van der Waals surface area (Å²) < 4.78 is 25.8. The number of amides is 1. The Morgan fingerprint density at radius 1 is 1.33 bits per heavy atom. The Morgan fingerprint density at radius 3 is 2.67 bits per heavy atom. The molecule has 100 valence electrons. The molecule has 6 heteroatoms. The third-order valence-corrected chi connectivity index (χ3v) is 2.62. The van der Waals surface area contributed by atoms with Gasteiger partial charge in [-0.1, -0.05) is 0 Å².